The minimum atomic E-state index is -3.97. The van der Waals surface area contributed by atoms with Crippen LogP contribution in [0.1, 0.15) is 17.2 Å². The Hall–Kier alpha value is -1.78. The van der Waals surface area contributed by atoms with Crippen molar-refractivity contribution in [2.75, 3.05) is 13.1 Å². The number of nitrogens with one attached hydrogen (secondary N) is 2. The van der Waals surface area contributed by atoms with Gasteiger partial charge in [0.1, 0.15) is 0 Å². The first-order valence-corrected chi connectivity index (χ1v) is 10.7. The molecule has 1 atom stereocenters. The van der Waals surface area contributed by atoms with Gasteiger partial charge in [0.2, 0.25) is 20.0 Å². The molecule has 1 aliphatic rings. The van der Waals surface area contributed by atoms with Crippen molar-refractivity contribution in [2.24, 2.45) is 5.14 Å². The van der Waals surface area contributed by atoms with Crippen LogP contribution in [0.2, 0.25) is 0 Å². The van der Waals surface area contributed by atoms with Crippen LogP contribution in [0.4, 0.5) is 0 Å². The van der Waals surface area contributed by atoms with E-state index in [1.165, 1.54) is 23.8 Å². The van der Waals surface area contributed by atoms with E-state index in [1.54, 1.807) is 0 Å². The fraction of sp³-hybridized carbons (Fsp3) is 0.250. The van der Waals surface area contributed by atoms with Crippen LogP contribution in [-0.2, 0) is 26.5 Å². The fourth-order valence-electron chi connectivity index (χ4n) is 2.87. The Morgan fingerprint density at radius 1 is 1.04 bits per heavy atom. The Bertz CT molecular complexity index is 988. The van der Waals surface area contributed by atoms with Crippen LogP contribution in [0.15, 0.2) is 58.3 Å². The molecule has 0 aliphatic carbocycles. The average molecular weight is 381 g/mol. The Morgan fingerprint density at radius 2 is 1.76 bits per heavy atom. The highest BCUT2D eigenvalue weighted by molar-refractivity contribution is 7.90. The Kier molecular flexibility index (Phi) is 4.94. The lowest BCUT2D eigenvalue weighted by Crippen LogP contribution is -2.38. The predicted octanol–water partition coefficient (Wildman–Crippen LogP) is 0.499. The second-order valence-corrected chi connectivity index (χ2v) is 9.16. The second kappa shape index (κ2) is 6.85. The van der Waals surface area contributed by atoms with Crippen molar-refractivity contribution in [3.05, 3.63) is 59.7 Å². The van der Waals surface area contributed by atoms with Crippen molar-refractivity contribution in [1.29, 1.82) is 0 Å². The predicted molar refractivity (Wildman–Crippen MR) is 93.9 cm³/mol. The average Bonchev–Trinajstić information content (AvgIpc) is 2.59. The molecule has 3 rings (SSSR count). The molecular weight excluding hydrogens is 362 g/mol. The molecule has 0 radical (unpaired) electrons. The van der Waals surface area contributed by atoms with Crippen molar-refractivity contribution in [1.82, 2.24) is 10.0 Å². The molecule has 0 spiro atoms. The molecule has 9 heteroatoms. The SMILES string of the molecule is NS(=O)(=O)c1cccc(S(=O)(=O)NCC2NCCc3ccccc32)c1. The number of benzene rings is 2. The van der Waals surface area contributed by atoms with Crippen LogP contribution in [0.3, 0.4) is 0 Å². The highest BCUT2D eigenvalue weighted by Gasteiger charge is 2.23. The van der Waals surface area contributed by atoms with Gasteiger partial charge in [-0.25, -0.2) is 26.7 Å². The number of rotatable bonds is 5. The molecule has 0 bridgehead atoms. The van der Waals surface area contributed by atoms with Gasteiger partial charge in [-0.15, -0.1) is 0 Å². The zero-order valence-electron chi connectivity index (χ0n) is 13.3. The van der Waals surface area contributed by atoms with Crippen LogP contribution in [0, 0.1) is 0 Å². The lowest BCUT2D eigenvalue weighted by molar-refractivity contribution is 0.491. The standard InChI is InChI=1S/C16H19N3O4S2/c17-24(20,21)13-5-3-6-14(10-13)25(22,23)19-11-16-15-7-2-1-4-12(15)8-9-18-16/h1-7,10,16,18-19H,8-9,11H2,(H2,17,20,21). The molecule has 1 unspecified atom stereocenters. The van der Waals surface area contributed by atoms with E-state index in [9.17, 15) is 16.8 Å². The normalized spacial score (nSPS) is 17.9. The molecule has 0 saturated carbocycles. The maximum absolute atomic E-state index is 12.5. The number of primary sulfonamides is 1. The zero-order chi connectivity index (χ0) is 18.1. The van der Waals surface area contributed by atoms with Gasteiger partial charge in [-0.05, 0) is 42.3 Å². The molecule has 25 heavy (non-hydrogen) atoms. The van der Waals surface area contributed by atoms with Gasteiger partial charge < -0.3 is 5.32 Å². The maximum atomic E-state index is 12.5. The summed E-state index contributed by atoms with van der Waals surface area (Å²) in [5.41, 5.74) is 2.26. The van der Waals surface area contributed by atoms with E-state index in [1.807, 2.05) is 24.3 Å². The van der Waals surface area contributed by atoms with E-state index in [4.69, 9.17) is 5.14 Å². The molecule has 0 aromatic heterocycles. The van der Waals surface area contributed by atoms with Crippen LogP contribution in [0.25, 0.3) is 0 Å². The first kappa shape index (κ1) is 18.0. The van der Waals surface area contributed by atoms with Crippen molar-refractivity contribution in [3.63, 3.8) is 0 Å². The van der Waals surface area contributed by atoms with E-state index < -0.39 is 20.0 Å². The van der Waals surface area contributed by atoms with Gasteiger partial charge in [0.15, 0.2) is 0 Å². The lowest BCUT2D eigenvalue weighted by Gasteiger charge is -2.27. The van der Waals surface area contributed by atoms with Gasteiger partial charge in [0.05, 0.1) is 9.79 Å². The number of hydrogen-bond donors (Lipinski definition) is 3. The number of sulfonamides is 2. The van der Waals surface area contributed by atoms with Crippen molar-refractivity contribution < 1.29 is 16.8 Å². The molecule has 4 N–H and O–H groups in total. The van der Waals surface area contributed by atoms with E-state index in [2.05, 4.69) is 10.0 Å². The van der Waals surface area contributed by atoms with Crippen LogP contribution in [0.5, 0.6) is 0 Å². The van der Waals surface area contributed by atoms with E-state index in [-0.39, 0.29) is 22.4 Å². The first-order chi connectivity index (χ1) is 11.8. The summed E-state index contributed by atoms with van der Waals surface area (Å²) in [6.45, 7) is 0.934. The summed E-state index contributed by atoms with van der Waals surface area (Å²) < 4.78 is 50.3. The first-order valence-electron chi connectivity index (χ1n) is 7.71. The van der Waals surface area contributed by atoms with Crippen molar-refractivity contribution in [2.45, 2.75) is 22.3 Å². The monoisotopic (exact) mass is 381 g/mol. The van der Waals surface area contributed by atoms with Gasteiger partial charge in [0, 0.05) is 12.6 Å². The van der Waals surface area contributed by atoms with Crippen molar-refractivity contribution >= 4 is 20.0 Å². The van der Waals surface area contributed by atoms with Crippen LogP contribution < -0.4 is 15.2 Å². The molecule has 0 fully saturated rings. The summed E-state index contributed by atoms with van der Waals surface area (Å²) in [6.07, 6.45) is 0.899. The molecule has 0 saturated heterocycles. The Morgan fingerprint density at radius 3 is 2.52 bits per heavy atom. The topological polar surface area (TPSA) is 118 Å². The molecule has 2 aromatic rings. The summed E-state index contributed by atoms with van der Waals surface area (Å²) in [5.74, 6) is 0. The van der Waals surface area contributed by atoms with Crippen LogP contribution in [-0.4, -0.2) is 29.9 Å². The highest BCUT2D eigenvalue weighted by atomic mass is 32.2. The molecule has 134 valence electrons. The molecular formula is C16H19N3O4S2. The third kappa shape index (κ3) is 4.07. The van der Waals surface area contributed by atoms with Crippen molar-refractivity contribution in [3.8, 4) is 0 Å². The quantitative estimate of drug-likeness (QED) is 0.697. The molecule has 0 amide bonds. The Labute approximate surface area is 147 Å². The van der Waals surface area contributed by atoms with Gasteiger partial charge in [-0.1, -0.05) is 30.3 Å². The molecule has 1 aliphatic heterocycles. The summed E-state index contributed by atoms with van der Waals surface area (Å²) >= 11 is 0. The third-order valence-corrected chi connectivity index (χ3v) is 6.47. The summed E-state index contributed by atoms with van der Waals surface area (Å²) in [5, 5.41) is 8.35. The Balaban J connectivity index is 1.80. The third-order valence-electron chi connectivity index (χ3n) is 4.14. The van der Waals surface area contributed by atoms with Gasteiger partial charge >= 0.3 is 0 Å². The maximum Gasteiger partial charge on any atom is 0.240 e. The summed E-state index contributed by atoms with van der Waals surface area (Å²) in [7, 11) is -7.82. The second-order valence-electron chi connectivity index (χ2n) is 5.83. The summed E-state index contributed by atoms with van der Waals surface area (Å²) in [6, 6.07) is 12.7. The zero-order valence-corrected chi connectivity index (χ0v) is 15.0. The minimum absolute atomic E-state index is 0.136. The molecule has 7 nitrogen and oxygen atoms in total. The molecule has 2 aromatic carbocycles. The minimum Gasteiger partial charge on any atom is -0.308 e. The van der Waals surface area contributed by atoms with E-state index >= 15 is 0 Å². The van der Waals surface area contributed by atoms with E-state index in [0.29, 0.717) is 0 Å². The number of nitrogens with two attached hydrogens (primary N) is 1. The van der Waals surface area contributed by atoms with E-state index in [0.717, 1.165) is 24.6 Å². The number of hydrogen-bond acceptors (Lipinski definition) is 5. The smallest absolute Gasteiger partial charge is 0.240 e. The fourth-order valence-corrected chi connectivity index (χ4v) is 4.60. The molecule has 1 heterocycles. The van der Waals surface area contributed by atoms with Crippen LogP contribution >= 0.6 is 0 Å². The highest BCUT2D eigenvalue weighted by Crippen LogP contribution is 2.22. The van der Waals surface area contributed by atoms with Gasteiger partial charge in [-0.3, -0.25) is 0 Å². The largest absolute Gasteiger partial charge is 0.308 e. The number of fused-ring (bicyclic) bond motifs is 1. The van der Waals surface area contributed by atoms with Gasteiger partial charge in [-0.2, -0.15) is 0 Å². The summed E-state index contributed by atoms with van der Waals surface area (Å²) in [4.78, 5) is -0.375. The van der Waals surface area contributed by atoms with Gasteiger partial charge in [0.25, 0.3) is 0 Å². The lowest BCUT2D eigenvalue weighted by atomic mass is 9.95.